The molecule has 5 nitrogen and oxygen atoms in total. The molecule has 0 atom stereocenters. The van der Waals surface area contributed by atoms with Gasteiger partial charge < -0.3 is 4.90 Å². The van der Waals surface area contributed by atoms with Gasteiger partial charge in [0.05, 0.1) is 17.9 Å². The molecule has 1 aliphatic heterocycles. The third-order valence-electron chi connectivity index (χ3n) is 5.77. The number of fused-ring (bicyclic) bond motifs is 1. The van der Waals surface area contributed by atoms with Crippen LogP contribution >= 0.6 is 11.3 Å². The predicted molar refractivity (Wildman–Crippen MR) is 114 cm³/mol. The largest absolute Gasteiger partial charge is 0.353 e. The van der Waals surface area contributed by atoms with E-state index < -0.39 is 0 Å². The Morgan fingerprint density at radius 2 is 1.82 bits per heavy atom. The minimum absolute atomic E-state index is 0.942. The molecule has 6 heteroatoms. The van der Waals surface area contributed by atoms with Crippen LogP contribution < -0.4 is 4.90 Å². The first-order valence-corrected chi connectivity index (χ1v) is 10.9. The Hall–Kier alpha value is -2.31. The zero-order valence-corrected chi connectivity index (χ0v) is 17.1. The van der Waals surface area contributed by atoms with Gasteiger partial charge in [-0.2, -0.15) is 0 Å². The quantitative estimate of drug-likeness (QED) is 0.678. The average Bonchev–Trinajstić information content (AvgIpc) is 3.31. The number of piperazine rings is 1. The molecule has 2 aliphatic rings. The van der Waals surface area contributed by atoms with Gasteiger partial charge in [-0.3, -0.25) is 4.90 Å². The topological polar surface area (TPSA) is 45.2 Å². The average molecular weight is 392 g/mol. The van der Waals surface area contributed by atoms with Crippen molar-refractivity contribution in [2.24, 2.45) is 0 Å². The second-order valence-electron chi connectivity index (χ2n) is 7.69. The second kappa shape index (κ2) is 7.60. The smallest absolute Gasteiger partial charge is 0.151 e. The van der Waals surface area contributed by atoms with Gasteiger partial charge in [-0.05, 0) is 43.9 Å². The first-order valence-electron chi connectivity index (χ1n) is 10.1. The molecule has 1 aliphatic carbocycles. The fourth-order valence-corrected chi connectivity index (χ4v) is 5.33. The zero-order chi connectivity index (χ0) is 18.9. The third kappa shape index (κ3) is 3.54. The standard InChI is InChI=1S/C22H25N5S/c1-16-5-2-3-6-17(16)18-9-10-21(25-24-18)27-13-11-26(12-14-27)15-22-23-19-7-4-8-20(19)28-22/h2-3,5-6,9-10H,4,7-8,11-15H2,1H3. The Kier molecular flexibility index (Phi) is 4.82. The van der Waals surface area contributed by atoms with Crippen LogP contribution in [0.2, 0.25) is 0 Å². The molecular weight excluding hydrogens is 366 g/mol. The molecular formula is C22H25N5S. The van der Waals surface area contributed by atoms with E-state index in [1.54, 1.807) is 0 Å². The summed E-state index contributed by atoms with van der Waals surface area (Å²) < 4.78 is 0. The molecule has 28 heavy (non-hydrogen) atoms. The van der Waals surface area contributed by atoms with Gasteiger partial charge in [0.15, 0.2) is 5.82 Å². The van der Waals surface area contributed by atoms with Crippen molar-refractivity contribution in [3.8, 4) is 11.3 Å². The zero-order valence-electron chi connectivity index (χ0n) is 16.3. The number of anilines is 1. The van der Waals surface area contributed by atoms with Gasteiger partial charge in [0.1, 0.15) is 5.01 Å². The summed E-state index contributed by atoms with van der Waals surface area (Å²) in [6, 6.07) is 12.5. The summed E-state index contributed by atoms with van der Waals surface area (Å²) in [6.07, 6.45) is 3.70. The number of aryl methyl sites for hydroxylation is 3. The maximum atomic E-state index is 4.85. The van der Waals surface area contributed by atoms with Crippen molar-refractivity contribution in [2.45, 2.75) is 32.7 Å². The number of aromatic nitrogens is 3. The summed E-state index contributed by atoms with van der Waals surface area (Å²) in [4.78, 5) is 11.2. The molecule has 1 aromatic carbocycles. The van der Waals surface area contributed by atoms with Crippen LogP contribution in [0.15, 0.2) is 36.4 Å². The van der Waals surface area contributed by atoms with Crippen molar-refractivity contribution in [1.29, 1.82) is 0 Å². The van der Waals surface area contributed by atoms with Gasteiger partial charge in [0.25, 0.3) is 0 Å². The Bertz CT molecular complexity index is 936. The first-order chi connectivity index (χ1) is 13.8. The van der Waals surface area contributed by atoms with Crippen molar-refractivity contribution in [3.05, 3.63) is 57.5 Å². The highest BCUT2D eigenvalue weighted by molar-refractivity contribution is 7.11. The fraction of sp³-hybridized carbons (Fsp3) is 0.409. The van der Waals surface area contributed by atoms with E-state index in [4.69, 9.17) is 4.98 Å². The number of thiazole rings is 1. The summed E-state index contributed by atoms with van der Waals surface area (Å²) >= 11 is 1.92. The van der Waals surface area contributed by atoms with Crippen molar-refractivity contribution in [3.63, 3.8) is 0 Å². The van der Waals surface area contributed by atoms with Crippen molar-refractivity contribution in [1.82, 2.24) is 20.1 Å². The summed E-state index contributed by atoms with van der Waals surface area (Å²) in [5, 5.41) is 10.3. The van der Waals surface area contributed by atoms with Crippen LogP contribution in [0.3, 0.4) is 0 Å². The maximum Gasteiger partial charge on any atom is 0.151 e. The van der Waals surface area contributed by atoms with E-state index in [1.807, 2.05) is 17.4 Å². The Labute approximate surface area is 170 Å². The summed E-state index contributed by atoms with van der Waals surface area (Å²) in [6.45, 7) is 7.18. The SMILES string of the molecule is Cc1ccccc1-c1ccc(N2CCN(Cc3nc4c(s3)CCC4)CC2)nn1. The molecule has 3 aromatic rings. The molecule has 0 bridgehead atoms. The molecule has 0 spiro atoms. The van der Waals surface area contributed by atoms with Gasteiger partial charge in [-0.1, -0.05) is 24.3 Å². The van der Waals surface area contributed by atoms with Gasteiger partial charge in [-0.15, -0.1) is 21.5 Å². The minimum Gasteiger partial charge on any atom is -0.353 e. The lowest BCUT2D eigenvalue weighted by Crippen LogP contribution is -2.46. The van der Waals surface area contributed by atoms with Crippen LogP contribution in [0.5, 0.6) is 0 Å². The Morgan fingerprint density at radius 3 is 2.57 bits per heavy atom. The number of rotatable bonds is 4. The normalized spacial score (nSPS) is 17.1. The van der Waals surface area contributed by atoms with Crippen LogP contribution in [0.4, 0.5) is 5.82 Å². The molecule has 0 N–H and O–H groups in total. The lowest BCUT2D eigenvalue weighted by Gasteiger charge is -2.34. The van der Waals surface area contributed by atoms with Crippen LogP contribution in [0.1, 0.15) is 27.6 Å². The first kappa shape index (κ1) is 17.8. The van der Waals surface area contributed by atoms with E-state index in [-0.39, 0.29) is 0 Å². The maximum absolute atomic E-state index is 4.85. The Morgan fingerprint density at radius 1 is 0.964 bits per heavy atom. The van der Waals surface area contributed by atoms with E-state index in [0.29, 0.717) is 0 Å². The van der Waals surface area contributed by atoms with Crippen molar-refractivity contribution >= 4 is 17.2 Å². The monoisotopic (exact) mass is 391 g/mol. The van der Waals surface area contributed by atoms with Crippen LogP contribution in [0, 0.1) is 6.92 Å². The van der Waals surface area contributed by atoms with E-state index in [9.17, 15) is 0 Å². The summed E-state index contributed by atoms with van der Waals surface area (Å²) in [7, 11) is 0. The number of benzene rings is 1. The lowest BCUT2D eigenvalue weighted by atomic mass is 10.1. The number of nitrogens with zero attached hydrogens (tertiary/aromatic N) is 5. The highest BCUT2D eigenvalue weighted by atomic mass is 32.1. The molecule has 5 rings (SSSR count). The van der Waals surface area contributed by atoms with Crippen molar-refractivity contribution in [2.75, 3.05) is 31.1 Å². The highest BCUT2D eigenvalue weighted by Gasteiger charge is 2.22. The van der Waals surface area contributed by atoms with Gasteiger partial charge in [0, 0.05) is 36.6 Å². The van der Waals surface area contributed by atoms with Gasteiger partial charge in [0.2, 0.25) is 0 Å². The van der Waals surface area contributed by atoms with Crippen molar-refractivity contribution < 1.29 is 0 Å². The summed E-state index contributed by atoms with van der Waals surface area (Å²) in [5.41, 5.74) is 4.69. The second-order valence-corrected chi connectivity index (χ2v) is 8.85. The molecule has 2 aromatic heterocycles. The lowest BCUT2D eigenvalue weighted by molar-refractivity contribution is 0.248. The molecule has 1 saturated heterocycles. The molecule has 3 heterocycles. The summed E-state index contributed by atoms with van der Waals surface area (Å²) in [5.74, 6) is 0.977. The fourth-order valence-electron chi connectivity index (χ4n) is 4.14. The van der Waals surface area contributed by atoms with Gasteiger partial charge >= 0.3 is 0 Å². The van der Waals surface area contributed by atoms with Gasteiger partial charge in [-0.25, -0.2) is 4.98 Å². The molecule has 144 valence electrons. The van der Waals surface area contributed by atoms with E-state index in [1.165, 1.54) is 40.4 Å². The third-order valence-corrected chi connectivity index (χ3v) is 6.91. The van der Waals surface area contributed by atoms with Crippen LogP contribution in [-0.4, -0.2) is 46.3 Å². The molecule has 1 fully saturated rings. The number of hydrogen-bond acceptors (Lipinski definition) is 6. The van der Waals surface area contributed by atoms with E-state index >= 15 is 0 Å². The molecule has 0 unspecified atom stereocenters. The van der Waals surface area contributed by atoms with Crippen LogP contribution in [0.25, 0.3) is 11.3 Å². The highest BCUT2D eigenvalue weighted by Crippen LogP contribution is 2.28. The number of hydrogen-bond donors (Lipinski definition) is 0. The Balaban J connectivity index is 1.20. The van der Waals surface area contributed by atoms with Crippen LogP contribution in [-0.2, 0) is 19.4 Å². The molecule has 0 radical (unpaired) electrons. The van der Waals surface area contributed by atoms with E-state index in [2.05, 4.69) is 57.3 Å². The van der Waals surface area contributed by atoms with E-state index in [0.717, 1.165) is 49.8 Å². The molecule has 0 amide bonds. The minimum atomic E-state index is 0.942. The molecule has 0 saturated carbocycles. The predicted octanol–water partition coefficient (Wildman–Crippen LogP) is 3.72.